The van der Waals surface area contributed by atoms with E-state index < -0.39 is 0 Å². The van der Waals surface area contributed by atoms with Gasteiger partial charge in [0.15, 0.2) is 13.1 Å². The van der Waals surface area contributed by atoms with Crippen LogP contribution >= 0.6 is 0 Å². The molecule has 1 saturated heterocycles. The summed E-state index contributed by atoms with van der Waals surface area (Å²) < 4.78 is 10.6. The summed E-state index contributed by atoms with van der Waals surface area (Å²) in [5.74, 6) is 0.504. The van der Waals surface area contributed by atoms with Gasteiger partial charge in [-0.25, -0.2) is 0 Å². The Bertz CT molecular complexity index is 573. The smallest absolute Gasteiger partial charge is 0.279 e. The number of carbonyl (C=O) groups excluding carboxylic acids is 2. The molecule has 2 atom stereocenters. The second-order valence-electron chi connectivity index (χ2n) is 6.18. The van der Waals surface area contributed by atoms with Crippen LogP contribution in [-0.4, -0.2) is 57.8 Å². The number of ether oxygens (including phenoxy) is 2. The van der Waals surface area contributed by atoms with Gasteiger partial charge in [-0.15, -0.1) is 0 Å². The Labute approximate surface area is 148 Å². The van der Waals surface area contributed by atoms with Crippen LogP contribution in [0.25, 0.3) is 0 Å². The molecule has 25 heavy (non-hydrogen) atoms. The summed E-state index contributed by atoms with van der Waals surface area (Å²) in [5, 5.41) is 5.73. The third-order valence-corrected chi connectivity index (χ3v) is 4.23. The predicted molar refractivity (Wildman–Crippen MR) is 94.8 cm³/mol. The highest BCUT2D eigenvalue weighted by Crippen LogP contribution is 2.16. The highest BCUT2D eigenvalue weighted by atomic mass is 16.5. The zero-order valence-corrected chi connectivity index (χ0v) is 15.0. The molecule has 1 heterocycles. The first-order valence-electron chi connectivity index (χ1n) is 8.76. The Balaban J connectivity index is 1.75. The summed E-state index contributed by atoms with van der Waals surface area (Å²) in [6.45, 7) is 4.49. The molecule has 1 aliphatic heterocycles. The molecule has 138 valence electrons. The predicted octanol–water partition coefficient (Wildman–Crippen LogP) is -0.166. The molecule has 0 aliphatic carbocycles. The number of hydrogen-bond acceptors (Lipinski definition) is 4. The molecular weight excluding hydrogens is 322 g/mol. The monoisotopic (exact) mass is 350 g/mol. The lowest BCUT2D eigenvalue weighted by molar-refractivity contribution is -0.881. The SMILES string of the molecule is CC[NH+](CC(=O)NC[C@@H]1CCCO1)CC(=O)Nc1cccc(OC)c1. The maximum Gasteiger partial charge on any atom is 0.279 e. The summed E-state index contributed by atoms with van der Waals surface area (Å²) in [5.41, 5.74) is 0.683. The van der Waals surface area contributed by atoms with E-state index in [0.29, 0.717) is 24.5 Å². The minimum Gasteiger partial charge on any atom is -0.497 e. The summed E-state index contributed by atoms with van der Waals surface area (Å²) in [6, 6.07) is 7.20. The average Bonchev–Trinajstić information content (AvgIpc) is 3.13. The van der Waals surface area contributed by atoms with Gasteiger partial charge in [-0.3, -0.25) is 9.59 Å². The molecule has 0 spiro atoms. The number of carbonyl (C=O) groups is 2. The third kappa shape index (κ3) is 6.72. The Morgan fingerprint density at radius 3 is 2.80 bits per heavy atom. The number of rotatable bonds is 9. The quantitative estimate of drug-likeness (QED) is 0.578. The fourth-order valence-corrected chi connectivity index (χ4v) is 2.77. The fraction of sp³-hybridized carbons (Fsp3) is 0.556. The largest absolute Gasteiger partial charge is 0.497 e. The standard InChI is InChI=1S/C18H27N3O4/c1-3-21(12-17(22)19-11-16-8-5-9-25-16)13-18(23)20-14-6-4-7-15(10-14)24-2/h4,6-7,10,16H,3,5,8-9,11-13H2,1-2H3,(H,19,22)(H,20,23)/p+1/t16-/m0/s1. The first kappa shape index (κ1) is 19.2. The van der Waals surface area contributed by atoms with Crippen molar-refractivity contribution in [3.63, 3.8) is 0 Å². The molecule has 1 aromatic carbocycles. The van der Waals surface area contributed by atoms with Crippen molar-refractivity contribution in [1.82, 2.24) is 5.32 Å². The average molecular weight is 350 g/mol. The number of nitrogens with one attached hydrogen (secondary N) is 3. The van der Waals surface area contributed by atoms with Crippen molar-refractivity contribution < 1.29 is 24.0 Å². The van der Waals surface area contributed by atoms with Crippen molar-refractivity contribution >= 4 is 17.5 Å². The Hall–Kier alpha value is -2.12. The van der Waals surface area contributed by atoms with Crippen LogP contribution in [0, 0.1) is 0 Å². The molecule has 3 N–H and O–H groups in total. The number of methoxy groups -OCH3 is 1. The van der Waals surface area contributed by atoms with Crippen molar-refractivity contribution in [1.29, 1.82) is 0 Å². The molecule has 7 heteroatoms. The molecule has 0 radical (unpaired) electrons. The van der Waals surface area contributed by atoms with Crippen molar-refractivity contribution in [2.45, 2.75) is 25.9 Å². The van der Waals surface area contributed by atoms with Crippen LogP contribution in [0.15, 0.2) is 24.3 Å². The highest BCUT2D eigenvalue weighted by molar-refractivity contribution is 5.91. The van der Waals surface area contributed by atoms with Gasteiger partial charge < -0.3 is 25.0 Å². The first-order chi connectivity index (χ1) is 12.1. The number of benzene rings is 1. The van der Waals surface area contributed by atoms with Gasteiger partial charge in [0, 0.05) is 24.9 Å². The normalized spacial score (nSPS) is 17.8. The van der Waals surface area contributed by atoms with Crippen LogP contribution in [0.5, 0.6) is 5.75 Å². The van der Waals surface area contributed by atoms with E-state index in [4.69, 9.17) is 9.47 Å². The van der Waals surface area contributed by atoms with Gasteiger partial charge in [0.1, 0.15) is 5.75 Å². The topological polar surface area (TPSA) is 81.1 Å². The number of quaternary nitrogens is 1. The highest BCUT2D eigenvalue weighted by Gasteiger charge is 2.19. The summed E-state index contributed by atoms with van der Waals surface area (Å²) in [6.07, 6.45) is 2.18. The minimum absolute atomic E-state index is 0.0541. The van der Waals surface area contributed by atoms with E-state index in [1.54, 1.807) is 19.2 Å². The van der Waals surface area contributed by atoms with Gasteiger partial charge in [0.2, 0.25) is 0 Å². The Morgan fingerprint density at radius 1 is 1.32 bits per heavy atom. The van der Waals surface area contributed by atoms with E-state index in [0.717, 1.165) is 24.3 Å². The molecule has 1 aromatic rings. The van der Waals surface area contributed by atoms with Crippen molar-refractivity contribution in [2.24, 2.45) is 0 Å². The van der Waals surface area contributed by atoms with Crippen LogP contribution in [-0.2, 0) is 14.3 Å². The lowest BCUT2D eigenvalue weighted by Crippen LogP contribution is -3.14. The van der Waals surface area contributed by atoms with E-state index >= 15 is 0 Å². The van der Waals surface area contributed by atoms with E-state index in [-0.39, 0.29) is 31.0 Å². The third-order valence-electron chi connectivity index (χ3n) is 4.23. The van der Waals surface area contributed by atoms with Crippen molar-refractivity contribution in [3.8, 4) is 5.75 Å². The molecule has 2 rings (SSSR count). The molecule has 7 nitrogen and oxygen atoms in total. The summed E-state index contributed by atoms with van der Waals surface area (Å²) in [7, 11) is 1.58. The first-order valence-corrected chi connectivity index (χ1v) is 8.76. The summed E-state index contributed by atoms with van der Waals surface area (Å²) in [4.78, 5) is 25.2. The number of amides is 2. The van der Waals surface area contributed by atoms with E-state index in [1.807, 2.05) is 19.1 Å². The molecule has 0 saturated carbocycles. The van der Waals surface area contributed by atoms with Crippen LogP contribution in [0.4, 0.5) is 5.69 Å². The second-order valence-corrected chi connectivity index (χ2v) is 6.18. The minimum atomic E-state index is -0.128. The van der Waals surface area contributed by atoms with Gasteiger partial charge in [0.25, 0.3) is 11.8 Å². The van der Waals surface area contributed by atoms with E-state index in [2.05, 4.69) is 10.6 Å². The zero-order chi connectivity index (χ0) is 18.1. The molecule has 0 aromatic heterocycles. The van der Waals surface area contributed by atoms with Gasteiger partial charge in [-0.2, -0.15) is 0 Å². The molecular formula is C18H28N3O4+. The van der Waals surface area contributed by atoms with E-state index in [9.17, 15) is 9.59 Å². The van der Waals surface area contributed by atoms with Gasteiger partial charge in [-0.05, 0) is 31.9 Å². The number of hydrogen-bond donors (Lipinski definition) is 3. The second kappa shape index (κ2) is 10.0. The van der Waals surface area contributed by atoms with Crippen LogP contribution in [0.3, 0.4) is 0 Å². The van der Waals surface area contributed by atoms with Gasteiger partial charge in [0.05, 0.1) is 19.8 Å². The van der Waals surface area contributed by atoms with Gasteiger partial charge >= 0.3 is 0 Å². The van der Waals surface area contributed by atoms with Gasteiger partial charge in [-0.1, -0.05) is 6.07 Å². The lowest BCUT2D eigenvalue weighted by atomic mass is 10.2. The lowest BCUT2D eigenvalue weighted by Gasteiger charge is -2.18. The fourth-order valence-electron chi connectivity index (χ4n) is 2.77. The van der Waals surface area contributed by atoms with Crippen molar-refractivity contribution in [2.75, 3.05) is 45.2 Å². The maximum absolute atomic E-state index is 12.2. The maximum atomic E-state index is 12.2. The van der Waals surface area contributed by atoms with Crippen LogP contribution in [0.1, 0.15) is 19.8 Å². The van der Waals surface area contributed by atoms with Crippen molar-refractivity contribution in [3.05, 3.63) is 24.3 Å². The Morgan fingerprint density at radius 2 is 2.12 bits per heavy atom. The molecule has 1 fully saturated rings. The molecule has 0 bridgehead atoms. The molecule has 1 unspecified atom stereocenters. The van der Waals surface area contributed by atoms with E-state index in [1.165, 1.54) is 0 Å². The van der Waals surface area contributed by atoms with Crippen LogP contribution < -0.4 is 20.3 Å². The molecule has 2 amide bonds. The zero-order valence-electron chi connectivity index (χ0n) is 15.0. The van der Waals surface area contributed by atoms with Crippen LogP contribution in [0.2, 0.25) is 0 Å². The Kier molecular flexibility index (Phi) is 7.69. The number of likely N-dealkylation sites (N-methyl/N-ethyl adjacent to an activating group) is 1. The summed E-state index contributed by atoms with van der Waals surface area (Å²) >= 11 is 0. The molecule has 1 aliphatic rings. The number of anilines is 1.